The summed E-state index contributed by atoms with van der Waals surface area (Å²) >= 11 is 0. The van der Waals surface area contributed by atoms with Gasteiger partial charge in [-0.1, -0.05) is 43.3 Å². The second kappa shape index (κ2) is 12.8. The molecule has 36 heavy (non-hydrogen) atoms. The van der Waals surface area contributed by atoms with Gasteiger partial charge in [0.05, 0.1) is 0 Å². The van der Waals surface area contributed by atoms with E-state index in [0.29, 0.717) is 17.7 Å². The Morgan fingerprint density at radius 3 is 1.89 bits per heavy atom. The van der Waals surface area contributed by atoms with Crippen LogP contribution in [0, 0.1) is 6.92 Å². The number of nitrogens with one attached hydrogen (secondary N) is 2. The summed E-state index contributed by atoms with van der Waals surface area (Å²) in [4.78, 5) is 14.5. The SMILES string of the molecule is CCC(=O)c1ccc(O)cc1.Cc1c(-c2ccc(O)cc2)[nH]c2ccccc12.NNc1ccccc1. The fourth-order valence-electron chi connectivity index (χ4n) is 3.58. The summed E-state index contributed by atoms with van der Waals surface area (Å²) in [7, 11) is 0. The molecular formula is C30H31N3O3. The first-order chi connectivity index (χ1) is 17.4. The van der Waals surface area contributed by atoms with Crippen molar-refractivity contribution in [1.82, 2.24) is 4.98 Å². The molecule has 0 aliphatic carbocycles. The minimum atomic E-state index is 0.102. The van der Waals surface area contributed by atoms with Gasteiger partial charge in [0.15, 0.2) is 5.78 Å². The molecule has 6 N–H and O–H groups in total. The molecule has 6 nitrogen and oxygen atoms in total. The predicted molar refractivity (Wildman–Crippen MR) is 147 cm³/mol. The van der Waals surface area contributed by atoms with E-state index in [0.717, 1.165) is 22.5 Å². The number of hydrogen-bond donors (Lipinski definition) is 5. The van der Waals surface area contributed by atoms with E-state index in [1.807, 2.05) is 61.5 Å². The molecule has 0 atom stereocenters. The van der Waals surface area contributed by atoms with E-state index in [1.54, 1.807) is 24.3 Å². The van der Waals surface area contributed by atoms with Crippen molar-refractivity contribution >= 4 is 22.4 Å². The number of phenols is 2. The van der Waals surface area contributed by atoms with Gasteiger partial charge in [0, 0.05) is 34.3 Å². The number of aromatic amines is 1. The number of fused-ring (bicyclic) bond motifs is 1. The van der Waals surface area contributed by atoms with Crippen LogP contribution in [0.4, 0.5) is 5.69 Å². The molecule has 0 radical (unpaired) electrons. The van der Waals surface area contributed by atoms with Gasteiger partial charge in [-0.3, -0.25) is 10.6 Å². The van der Waals surface area contributed by atoms with Crippen LogP contribution < -0.4 is 11.3 Å². The largest absolute Gasteiger partial charge is 0.508 e. The Labute approximate surface area is 211 Å². The van der Waals surface area contributed by atoms with E-state index >= 15 is 0 Å². The van der Waals surface area contributed by atoms with Crippen LogP contribution in [0.1, 0.15) is 29.3 Å². The Hall–Kier alpha value is -4.55. The lowest BCUT2D eigenvalue weighted by molar-refractivity contribution is 0.0988. The van der Waals surface area contributed by atoms with Crippen LogP contribution in [0.2, 0.25) is 0 Å². The van der Waals surface area contributed by atoms with E-state index in [1.165, 1.54) is 23.1 Å². The van der Waals surface area contributed by atoms with Gasteiger partial charge < -0.3 is 20.6 Å². The number of aryl methyl sites for hydroxylation is 1. The summed E-state index contributed by atoms with van der Waals surface area (Å²) in [5.41, 5.74) is 8.72. The number of Topliss-reactive ketones (excluding diaryl/α,β-unsaturated/α-hetero) is 1. The van der Waals surface area contributed by atoms with Crippen molar-refractivity contribution in [3.8, 4) is 22.8 Å². The summed E-state index contributed by atoms with van der Waals surface area (Å²) in [6.45, 7) is 3.93. The molecule has 5 rings (SSSR count). The van der Waals surface area contributed by atoms with E-state index in [-0.39, 0.29) is 11.5 Å². The molecule has 0 unspecified atom stereocenters. The number of hydrazine groups is 1. The van der Waals surface area contributed by atoms with Crippen LogP contribution in [-0.2, 0) is 0 Å². The number of aromatic hydroxyl groups is 2. The fraction of sp³-hybridized carbons (Fsp3) is 0.100. The molecule has 0 saturated heterocycles. The highest BCUT2D eigenvalue weighted by atomic mass is 16.3. The molecule has 0 amide bonds. The summed E-state index contributed by atoms with van der Waals surface area (Å²) in [6, 6.07) is 31.4. The zero-order valence-electron chi connectivity index (χ0n) is 20.4. The van der Waals surface area contributed by atoms with Crippen LogP contribution in [0.15, 0.2) is 103 Å². The average molecular weight is 482 g/mol. The summed E-state index contributed by atoms with van der Waals surface area (Å²) < 4.78 is 0. The van der Waals surface area contributed by atoms with Crippen molar-refractivity contribution in [2.75, 3.05) is 5.43 Å². The van der Waals surface area contributed by atoms with Crippen molar-refractivity contribution in [3.63, 3.8) is 0 Å². The lowest BCUT2D eigenvalue weighted by Gasteiger charge is -2.00. The number of para-hydroxylation sites is 2. The monoisotopic (exact) mass is 481 g/mol. The fourth-order valence-corrected chi connectivity index (χ4v) is 3.58. The molecule has 1 heterocycles. The lowest BCUT2D eigenvalue weighted by Crippen LogP contribution is -2.05. The van der Waals surface area contributed by atoms with E-state index in [2.05, 4.69) is 29.5 Å². The molecular weight excluding hydrogens is 450 g/mol. The van der Waals surface area contributed by atoms with Crippen molar-refractivity contribution in [2.45, 2.75) is 20.3 Å². The Kier molecular flexibility index (Phi) is 9.26. The third-order valence-corrected chi connectivity index (χ3v) is 5.57. The highest BCUT2D eigenvalue weighted by molar-refractivity contribution is 5.95. The molecule has 0 fully saturated rings. The molecule has 184 valence electrons. The van der Waals surface area contributed by atoms with Crippen LogP contribution in [0.3, 0.4) is 0 Å². The first-order valence-electron chi connectivity index (χ1n) is 11.6. The number of carbonyl (C=O) groups excluding carboxylic acids is 1. The molecule has 0 bridgehead atoms. The van der Waals surface area contributed by atoms with Gasteiger partial charge >= 0.3 is 0 Å². The summed E-state index contributed by atoms with van der Waals surface area (Å²) in [5, 5.41) is 19.4. The molecule has 0 aliphatic heterocycles. The van der Waals surface area contributed by atoms with Gasteiger partial charge in [-0.2, -0.15) is 0 Å². The number of nitrogen functional groups attached to an aromatic ring is 1. The number of nitrogens with two attached hydrogens (primary N) is 1. The van der Waals surface area contributed by atoms with Crippen molar-refractivity contribution in [2.24, 2.45) is 5.84 Å². The zero-order valence-corrected chi connectivity index (χ0v) is 20.4. The van der Waals surface area contributed by atoms with Crippen LogP contribution in [-0.4, -0.2) is 21.0 Å². The van der Waals surface area contributed by atoms with Crippen molar-refractivity contribution in [1.29, 1.82) is 0 Å². The van der Waals surface area contributed by atoms with Gasteiger partial charge in [-0.05, 0) is 84.8 Å². The predicted octanol–water partition coefficient (Wildman–Crippen LogP) is 6.81. The zero-order chi connectivity index (χ0) is 25.9. The van der Waals surface area contributed by atoms with Gasteiger partial charge in [0.25, 0.3) is 0 Å². The number of carbonyl (C=O) groups is 1. The maximum atomic E-state index is 11.0. The van der Waals surface area contributed by atoms with Crippen molar-refractivity contribution < 1.29 is 15.0 Å². The van der Waals surface area contributed by atoms with Crippen molar-refractivity contribution in [3.05, 3.63) is 114 Å². The molecule has 4 aromatic carbocycles. The highest BCUT2D eigenvalue weighted by Crippen LogP contribution is 2.30. The van der Waals surface area contributed by atoms with Gasteiger partial charge in [-0.25, -0.2) is 0 Å². The first kappa shape index (κ1) is 26.1. The van der Waals surface area contributed by atoms with Gasteiger partial charge in [-0.15, -0.1) is 0 Å². The van der Waals surface area contributed by atoms with E-state index in [4.69, 9.17) is 10.9 Å². The lowest BCUT2D eigenvalue weighted by atomic mass is 10.1. The molecule has 0 spiro atoms. The molecule has 5 aromatic rings. The average Bonchev–Trinajstić information content (AvgIpc) is 3.26. The smallest absolute Gasteiger partial charge is 0.162 e. The second-order valence-corrected chi connectivity index (χ2v) is 8.05. The van der Waals surface area contributed by atoms with E-state index in [9.17, 15) is 9.90 Å². The summed E-state index contributed by atoms with van der Waals surface area (Å²) in [5.74, 6) is 5.69. The number of rotatable bonds is 4. The second-order valence-electron chi connectivity index (χ2n) is 8.05. The number of ketones is 1. The highest BCUT2D eigenvalue weighted by Gasteiger charge is 2.08. The number of anilines is 1. The molecule has 0 aliphatic rings. The molecule has 1 aromatic heterocycles. The maximum absolute atomic E-state index is 11.0. The Morgan fingerprint density at radius 2 is 1.36 bits per heavy atom. The Morgan fingerprint density at radius 1 is 0.806 bits per heavy atom. The Balaban J connectivity index is 0.000000164. The van der Waals surface area contributed by atoms with Crippen LogP contribution in [0.25, 0.3) is 22.2 Å². The minimum absolute atomic E-state index is 0.102. The number of phenolic OH excluding ortho intramolecular Hbond substituents is 2. The van der Waals surface area contributed by atoms with Gasteiger partial charge in [0.1, 0.15) is 11.5 Å². The normalized spacial score (nSPS) is 9.97. The van der Waals surface area contributed by atoms with Crippen LogP contribution in [0.5, 0.6) is 11.5 Å². The standard InChI is InChI=1S/C15H13NO.C9H10O2.C6H8N2/c1-10-13-4-2-3-5-14(13)16-15(10)11-6-8-12(17)9-7-11;1-2-9(11)7-3-5-8(10)6-4-7;7-8-6-4-2-1-3-5-6/h2-9,16-17H,1H3;3-6,10H,2H2,1H3;1-5,8H,7H2. The third-order valence-electron chi connectivity index (χ3n) is 5.57. The number of H-pyrrole nitrogens is 1. The minimum Gasteiger partial charge on any atom is -0.508 e. The summed E-state index contributed by atoms with van der Waals surface area (Å²) in [6.07, 6.45) is 0.505. The number of hydrogen-bond acceptors (Lipinski definition) is 5. The molecule has 6 heteroatoms. The third kappa shape index (κ3) is 6.98. The first-order valence-corrected chi connectivity index (χ1v) is 11.6. The number of benzene rings is 4. The maximum Gasteiger partial charge on any atom is 0.162 e. The van der Waals surface area contributed by atoms with Gasteiger partial charge in [0.2, 0.25) is 0 Å². The quantitative estimate of drug-likeness (QED) is 0.110. The van der Waals surface area contributed by atoms with E-state index < -0.39 is 0 Å². The van der Waals surface area contributed by atoms with Crippen LogP contribution >= 0.6 is 0 Å². The Bertz CT molecular complexity index is 1380. The number of aromatic nitrogens is 1. The topological polar surface area (TPSA) is 111 Å². The molecule has 0 saturated carbocycles.